The van der Waals surface area contributed by atoms with Crippen molar-refractivity contribution in [3.63, 3.8) is 0 Å². The summed E-state index contributed by atoms with van der Waals surface area (Å²) in [7, 11) is 0. The van der Waals surface area contributed by atoms with Gasteiger partial charge in [0.2, 0.25) is 0 Å². The summed E-state index contributed by atoms with van der Waals surface area (Å²) in [5.41, 5.74) is 0.640. The van der Waals surface area contributed by atoms with Gasteiger partial charge in [-0.25, -0.2) is 14.2 Å². The molecule has 2 rings (SSSR count). The zero-order valence-electron chi connectivity index (χ0n) is 8.38. The van der Waals surface area contributed by atoms with Gasteiger partial charge in [-0.15, -0.1) is 11.3 Å². The van der Waals surface area contributed by atoms with Crippen LogP contribution in [0.3, 0.4) is 0 Å². The van der Waals surface area contributed by atoms with Gasteiger partial charge in [-0.3, -0.25) is 4.79 Å². The van der Waals surface area contributed by atoms with Gasteiger partial charge in [-0.05, 0) is 24.3 Å². The molecule has 1 heterocycles. The minimum atomic E-state index is -1.51. The molecule has 0 saturated carbocycles. The van der Waals surface area contributed by atoms with Crippen molar-refractivity contribution in [3.05, 3.63) is 41.2 Å². The van der Waals surface area contributed by atoms with Gasteiger partial charge < -0.3 is 5.11 Å². The highest BCUT2D eigenvalue weighted by atomic mass is 32.1. The highest BCUT2D eigenvalue weighted by Crippen LogP contribution is 2.25. The minimum Gasteiger partial charge on any atom is -0.475 e. The maximum Gasteiger partial charge on any atom is 0.378 e. The standard InChI is InChI=1S/C11H6FNO3S/c12-7-3-1-6(2-4-7)10-13-5-8(17-10)9(14)11(15)16/h1-5H,(H,15,16). The number of hydrogen-bond donors (Lipinski definition) is 1. The summed E-state index contributed by atoms with van der Waals surface area (Å²) in [5.74, 6) is -2.87. The molecule has 17 heavy (non-hydrogen) atoms. The molecule has 4 nitrogen and oxygen atoms in total. The van der Waals surface area contributed by atoms with E-state index >= 15 is 0 Å². The third kappa shape index (κ3) is 2.36. The number of thiazole rings is 1. The number of halogens is 1. The molecule has 2 aromatic rings. The third-order valence-corrected chi connectivity index (χ3v) is 3.06. The molecule has 0 unspecified atom stereocenters. The summed E-state index contributed by atoms with van der Waals surface area (Å²) >= 11 is 0.964. The van der Waals surface area contributed by atoms with Crippen LogP contribution in [-0.2, 0) is 4.79 Å². The van der Waals surface area contributed by atoms with E-state index in [9.17, 15) is 14.0 Å². The van der Waals surface area contributed by atoms with Crippen molar-refractivity contribution in [2.45, 2.75) is 0 Å². The van der Waals surface area contributed by atoms with Crippen LogP contribution in [0.25, 0.3) is 10.6 Å². The molecule has 0 aliphatic carbocycles. The van der Waals surface area contributed by atoms with Crippen LogP contribution in [0, 0.1) is 5.82 Å². The first-order valence-electron chi connectivity index (χ1n) is 4.57. The lowest BCUT2D eigenvalue weighted by Gasteiger charge is -1.94. The Hall–Kier alpha value is -2.08. The fourth-order valence-electron chi connectivity index (χ4n) is 1.21. The van der Waals surface area contributed by atoms with Crippen molar-refractivity contribution in [3.8, 4) is 10.6 Å². The Morgan fingerprint density at radius 2 is 1.88 bits per heavy atom. The normalized spacial score (nSPS) is 10.2. The lowest BCUT2D eigenvalue weighted by molar-refractivity contribution is -0.131. The van der Waals surface area contributed by atoms with E-state index in [4.69, 9.17) is 5.11 Å². The van der Waals surface area contributed by atoms with Gasteiger partial charge in [-0.2, -0.15) is 0 Å². The maximum absolute atomic E-state index is 12.7. The summed E-state index contributed by atoms with van der Waals surface area (Å²) in [6, 6.07) is 5.58. The molecule has 0 aliphatic rings. The quantitative estimate of drug-likeness (QED) is 0.671. The van der Waals surface area contributed by atoms with Crippen molar-refractivity contribution in [1.29, 1.82) is 0 Å². The molecule has 0 amide bonds. The number of benzene rings is 1. The predicted octanol–water partition coefficient (Wildman–Crippen LogP) is 2.22. The molecule has 6 heteroatoms. The van der Waals surface area contributed by atoms with E-state index in [-0.39, 0.29) is 10.7 Å². The molecule has 0 saturated heterocycles. The number of carboxylic acids is 1. The summed E-state index contributed by atoms with van der Waals surface area (Å²) in [6.45, 7) is 0. The van der Waals surface area contributed by atoms with E-state index in [0.29, 0.717) is 10.6 Å². The number of rotatable bonds is 3. The lowest BCUT2D eigenvalue weighted by atomic mass is 10.2. The van der Waals surface area contributed by atoms with Crippen LogP contribution in [0.2, 0.25) is 0 Å². The van der Waals surface area contributed by atoms with Crippen molar-refractivity contribution in [2.75, 3.05) is 0 Å². The van der Waals surface area contributed by atoms with Crippen molar-refractivity contribution in [1.82, 2.24) is 4.98 Å². The molecular weight excluding hydrogens is 245 g/mol. The molecule has 0 radical (unpaired) electrons. The highest BCUT2D eigenvalue weighted by molar-refractivity contribution is 7.17. The molecular formula is C11H6FNO3S. The van der Waals surface area contributed by atoms with Crippen LogP contribution < -0.4 is 0 Å². The van der Waals surface area contributed by atoms with Crippen molar-refractivity contribution in [2.24, 2.45) is 0 Å². The first-order valence-corrected chi connectivity index (χ1v) is 5.39. The molecule has 0 atom stereocenters. The average Bonchev–Trinajstić information content (AvgIpc) is 2.78. The third-order valence-electron chi connectivity index (χ3n) is 2.01. The summed E-state index contributed by atoms with van der Waals surface area (Å²) in [5, 5.41) is 9.01. The van der Waals surface area contributed by atoms with Crippen LogP contribution in [-0.4, -0.2) is 21.8 Å². The van der Waals surface area contributed by atoms with E-state index in [1.807, 2.05) is 0 Å². The van der Waals surface area contributed by atoms with E-state index in [2.05, 4.69) is 4.98 Å². The van der Waals surface area contributed by atoms with Gasteiger partial charge in [0, 0.05) is 5.56 Å². The fourth-order valence-corrected chi connectivity index (χ4v) is 2.06. The predicted molar refractivity (Wildman–Crippen MR) is 59.5 cm³/mol. The summed E-state index contributed by atoms with van der Waals surface area (Å²) in [6.07, 6.45) is 1.21. The zero-order chi connectivity index (χ0) is 12.4. The van der Waals surface area contributed by atoms with E-state index in [1.54, 1.807) is 0 Å². The number of Topliss-reactive ketones (excluding diaryl/α,β-unsaturated/α-hetero) is 1. The molecule has 1 aromatic heterocycles. The van der Waals surface area contributed by atoms with Gasteiger partial charge in [0.15, 0.2) is 0 Å². The Morgan fingerprint density at radius 3 is 2.47 bits per heavy atom. The zero-order valence-corrected chi connectivity index (χ0v) is 9.20. The number of aromatic nitrogens is 1. The molecule has 0 bridgehead atoms. The van der Waals surface area contributed by atoms with Crippen LogP contribution >= 0.6 is 11.3 Å². The van der Waals surface area contributed by atoms with E-state index in [1.165, 1.54) is 30.5 Å². The van der Waals surface area contributed by atoms with Gasteiger partial charge >= 0.3 is 5.97 Å². The second-order valence-corrected chi connectivity index (χ2v) is 4.20. The van der Waals surface area contributed by atoms with Crippen LogP contribution in [0.1, 0.15) is 9.67 Å². The maximum atomic E-state index is 12.7. The molecule has 1 aromatic carbocycles. The number of nitrogens with zero attached hydrogens (tertiary/aromatic N) is 1. The molecule has 0 spiro atoms. The second-order valence-electron chi connectivity index (χ2n) is 3.17. The summed E-state index contributed by atoms with van der Waals surface area (Å²) < 4.78 is 12.7. The minimum absolute atomic E-state index is 0.0526. The van der Waals surface area contributed by atoms with Crippen LogP contribution in [0.5, 0.6) is 0 Å². The fraction of sp³-hybridized carbons (Fsp3) is 0. The summed E-state index contributed by atoms with van der Waals surface area (Å²) in [4.78, 5) is 25.6. The smallest absolute Gasteiger partial charge is 0.378 e. The van der Waals surface area contributed by atoms with Crippen molar-refractivity contribution >= 4 is 23.1 Å². The number of carbonyl (C=O) groups excluding carboxylic acids is 1. The van der Waals surface area contributed by atoms with Gasteiger partial charge in [0.05, 0.1) is 6.20 Å². The monoisotopic (exact) mass is 251 g/mol. The molecule has 1 N–H and O–H groups in total. The Labute approximate surface area is 99.4 Å². The number of ketones is 1. The largest absolute Gasteiger partial charge is 0.475 e. The Morgan fingerprint density at radius 1 is 1.24 bits per heavy atom. The lowest BCUT2D eigenvalue weighted by Crippen LogP contribution is -2.10. The van der Waals surface area contributed by atoms with Gasteiger partial charge in [0.25, 0.3) is 5.78 Å². The van der Waals surface area contributed by atoms with E-state index in [0.717, 1.165) is 11.3 Å². The first kappa shape index (κ1) is 11.4. The highest BCUT2D eigenvalue weighted by Gasteiger charge is 2.18. The second kappa shape index (κ2) is 4.42. The Bertz CT molecular complexity index is 577. The Balaban J connectivity index is 2.33. The molecule has 0 aliphatic heterocycles. The van der Waals surface area contributed by atoms with Gasteiger partial charge in [0.1, 0.15) is 15.7 Å². The van der Waals surface area contributed by atoms with Crippen LogP contribution in [0.15, 0.2) is 30.5 Å². The number of hydrogen-bond acceptors (Lipinski definition) is 4. The SMILES string of the molecule is O=C(O)C(=O)c1cnc(-c2ccc(F)cc2)s1. The topological polar surface area (TPSA) is 67.3 Å². The van der Waals surface area contributed by atoms with E-state index < -0.39 is 11.8 Å². The molecule has 0 fully saturated rings. The van der Waals surface area contributed by atoms with Crippen molar-refractivity contribution < 1.29 is 19.1 Å². The van der Waals surface area contributed by atoms with Gasteiger partial charge in [-0.1, -0.05) is 0 Å². The number of carbonyl (C=O) groups is 2. The average molecular weight is 251 g/mol. The Kier molecular flexibility index (Phi) is 2.97. The molecule has 86 valence electrons. The number of aliphatic carboxylic acids is 1. The van der Waals surface area contributed by atoms with Crippen LogP contribution in [0.4, 0.5) is 4.39 Å². The first-order chi connectivity index (χ1) is 8.08. The number of carboxylic acid groups (broad SMARTS) is 1.